The number of hydrogen-bond donors (Lipinski definition) is 2. The lowest BCUT2D eigenvalue weighted by Gasteiger charge is -2.24. The summed E-state index contributed by atoms with van der Waals surface area (Å²) in [6.07, 6.45) is 3.71. The average molecular weight is 353 g/mol. The van der Waals surface area contributed by atoms with Crippen LogP contribution in [0.2, 0.25) is 0 Å². The second kappa shape index (κ2) is 8.48. The highest BCUT2D eigenvalue weighted by atomic mass is 32.2. The summed E-state index contributed by atoms with van der Waals surface area (Å²) in [5, 5.41) is 6.65. The Morgan fingerprint density at radius 3 is 2.58 bits per heavy atom. The number of likely N-dealkylation sites (tertiary alicyclic amines) is 1. The molecule has 0 radical (unpaired) electrons. The zero-order valence-electron chi connectivity index (χ0n) is 14.7. The highest BCUT2D eigenvalue weighted by Gasteiger charge is 2.22. The summed E-state index contributed by atoms with van der Waals surface area (Å²) in [4.78, 5) is 7.08. The Morgan fingerprint density at radius 1 is 1.29 bits per heavy atom. The summed E-state index contributed by atoms with van der Waals surface area (Å²) in [7, 11) is -1.38. The van der Waals surface area contributed by atoms with Crippen LogP contribution in [-0.4, -0.2) is 58.3 Å². The van der Waals surface area contributed by atoms with Gasteiger partial charge in [0.05, 0.1) is 4.90 Å². The van der Waals surface area contributed by atoms with Gasteiger partial charge in [0.25, 0.3) is 0 Å². The van der Waals surface area contributed by atoms with Crippen molar-refractivity contribution in [2.75, 3.05) is 32.9 Å². The average Bonchev–Trinajstić information content (AvgIpc) is 3.02. The van der Waals surface area contributed by atoms with Crippen LogP contribution < -0.4 is 10.6 Å². The molecule has 0 bridgehead atoms. The first-order chi connectivity index (χ1) is 11.4. The van der Waals surface area contributed by atoms with E-state index in [1.54, 1.807) is 19.2 Å². The van der Waals surface area contributed by atoms with E-state index in [-0.39, 0.29) is 0 Å². The van der Waals surface area contributed by atoms with Crippen LogP contribution in [0.5, 0.6) is 0 Å². The molecule has 134 valence electrons. The fourth-order valence-corrected chi connectivity index (χ4v) is 3.65. The molecule has 1 aliphatic rings. The lowest BCUT2D eigenvalue weighted by molar-refractivity contribution is 0.267. The van der Waals surface area contributed by atoms with Gasteiger partial charge in [-0.05, 0) is 43.6 Å². The molecule has 6 nitrogen and oxygen atoms in total. The summed E-state index contributed by atoms with van der Waals surface area (Å²) in [5.41, 5.74) is 1.02. The van der Waals surface area contributed by atoms with Gasteiger partial charge < -0.3 is 10.6 Å². The molecule has 1 saturated heterocycles. The molecule has 1 atom stereocenters. The molecule has 0 spiro atoms. The fourth-order valence-electron chi connectivity index (χ4n) is 3.02. The van der Waals surface area contributed by atoms with Crippen molar-refractivity contribution in [1.29, 1.82) is 0 Å². The largest absolute Gasteiger partial charge is 0.355 e. The minimum absolute atomic E-state index is 0.342. The molecule has 2 rings (SSSR count). The maximum atomic E-state index is 11.5. The zero-order chi connectivity index (χ0) is 17.6. The molecule has 0 saturated carbocycles. The third-order valence-electron chi connectivity index (χ3n) is 4.45. The van der Waals surface area contributed by atoms with Crippen LogP contribution in [-0.2, 0) is 16.4 Å². The molecule has 0 amide bonds. The van der Waals surface area contributed by atoms with Crippen molar-refractivity contribution >= 4 is 15.8 Å². The Hall–Kier alpha value is -1.60. The smallest absolute Gasteiger partial charge is 0.191 e. The lowest BCUT2D eigenvalue weighted by atomic mass is 10.2. The molecule has 2 N–H and O–H groups in total. The van der Waals surface area contributed by atoms with Gasteiger partial charge in [-0.25, -0.2) is 8.42 Å². The summed E-state index contributed by atoms with van der Waals surface area (Å²) < 4.78 is 22.9. The van der Waals surface area contributed by atoms with E-state index in [1.165, 1.54) is 25.6 Å². The molecular formula is C17H28N4O2S. The monoisotopic (exact) mass is 352 g/mol. The Balaban J connectivity index is 1.83. The van der Waals surface area contributed by atoms with Gasteiger partial charge in [0.2, 0.25) is 0 Å². The number of benzene rings is 1. The minimum Gasteiger partial charge on any atom is -0.355 e. The zero-order valence-corrected chi connectivity index (χ0v) is 15.6. The predicted octanol–water partition coefficient (Wildman–Crippen LogP) is 1.24. The van der Waals surface area contributed by atoms with Crippen molar-refractivity contribution < 1.29 is 8.42 Å². The van der Waals surface area contributed by atoms with Crippen molar-refractivity contribution in [3.05, 3.63) is 29.8 Å². The van der Waals surface area contributed by atoms with Crippen LogP contribution in [0, 0.1) is 0 Å². The highest BCUT2D eigenvalue weighted by molar-refractivity contribution is 7.90. The van der Waals surface area contributed by atoms with Gasteiger partial charge in [-0.1, -0.05) is 19.1 Å². The van der Waals surface area contributed by atoms with E-state index in [1.807, 2.05) is 12.1 Å². The molecular weight excluding hydrogens is 324 g/mol. The van der Waals surface area contributed by atoms with E-state index in [0.29, 0.717) is 17.5 Å². The van der Waals surface area contributed by atoms with E-state index >= 15 is 0 Å². The number of sulfone groups is 1. The SMILES string of the molecule is CCN1CCCC1CNC(=NC)NCc1ccc(S(C)(=O)=O)cc1. The molecule has 1 aromatic rings. The lowest BCUT2D eigenvalue weighted by Crippen LogP contribution is -2.44. The van der Waals surface area contributed by atoms with Crippen LogP contribution in [0.15, 0.2) is 34.2 Å². The Morgan fingerprint density at radius 2 is 2.00 bits per heavy atom. The number of rotatable bonds is 6. The topological polar surface area (TPSA) is 73.8 Å². The second-order valence-electron chi connectivity index (χ2n) is 6.15. The highest BCUT2D eigenvalue weighted by Crippen LogP contribution is 2.15. The van der Waals surface area contributed by atoms with E-state index in [4.69, 9.17) is 0 Å². The van der Waals surface area contributed by atoms with Gasteiger partial charge in [0.15, 0.2) is 15.8 Å². The van der Waals surface area contributed by atoms with Crippen molar-refractivity contribution in [2.24, 2.45) is 4.99 Å². The Bertz CT molecular complexity index is 656. The summed E-state index contributed by atoms with van der Waals surface area (Å²) in [5.74, 6) is 0.769. The van der Waals surface area contributed by atoms with Crippen LogP contribution in [0.3, 0.4) is 0 Å². The van der Waals surface area contributed by atoms with Gasteiger partial charge in [0, 0.05) is 32.4 Å². The van der Waals surface area contributed by atoms with Crippen LogP contribution >= 0.6 is 0 Å². The van der Waals surface area contributed by atoms with Crippen molar-refractivity contribution in [3.8, 4) is 0 Å². The Kier molecular flexibility index (Phi) is 6.62. The molecule has 1 heterocycles. The summed E-state index contributed by atoms with van der Waals surface area (Å²) in [6, 6.07) is 7.50. The molecule has 1 fully saturated rings. The third kappa shape index (κ3) is 5.21. The standard InChI is InChI=1S/C17H28N4O2S/c1-4-21-11-5-6-15(21)13-20-17(18-2)19-12-14-7-9-16(10-8-14)24(3,22)23/h7-10,15H,4-6,11-13H2,1-3H3,(H2,18,19,20). The Labute approximate surface area is 145 Å². The van der Waals surface area contributed by atoms with Gasteiger partial charge in [-0.3, -0.25) is 9.89 Å². The maximum absolute atomic E-state index is 11.5. The molecule has 1 aliphatic heterocycles. The number of nitrogens with zero attached hydrogens (tertiary/aromatic N) is 2. The molecule has 1 aromatic carbocycles. The summed E-state index contributed by atoms with van der Waals surface area (Å²) >= 11 is 0. The quantitative estimate of drug-likeness (QED) is 0.595. The predicted molar refractivity (Wildman–Crippen MR) is 98.0 cm³/mol. The molecule has 7 heteroatoms. The number of likely N-dealkylation sites (N-methyl/N-ethyl adjacent to an activating group) is 1. The normalized spacial score (nSPS) is 19.5. The van der Waals surface area contributed by atoms with E-state index in [2.05, 4.69) is 27.4 Å². The van der Waals surface area contributed by atoms with Gasteiger partial charge in [0.1, 0.15) is 0 Å². The van der Waals surface area contributed by atoms with Gasteiger partial charge in [-0.15, -0.1) is 0 Å². The van der Waals surface area contributed by atoms with E-state index < -0.39 is 9.84 Å². The molecule has 24 heavy (non-hydrogen) atoms. The molecule has 0 aliphatic carbocycles. The minimum atomic E-state index is -3.14. The first-order valence-electron chi connectivity index (χ1n) is 8.41. The first-order valence-corrected chi connectivity index (χ1v) is 10.3. The number of aliphatic imine (C=N–C) groups is 1. The van der Waals surface area contributed by atoms with Crippen molar-refractivity contribution in [1.82, 2.24) is 15.5 Å². The molecule has 1 unspecified atom stereocenters. The van der Waals surface area contributed by atoms with E-state index in [0.717, 1.165) is 24.6 Å². The van der Waals surface area contributed by atoms with Crippen molar-refractivity contribution in [3.63, 3.8) is 0 Å². The number of nitrogens with one attached hydrogen (secondary N) is 2. The number of hydrogen-bond acceptors (Lipinski definition) is 4. The van der Waals surface area contributed by atoms with E-state index in [9.17, 15) is 8.42 Å². The maximum Gasteiger partial charge on any atom is 0.191 e. The van der Waals surface area contributed by atoms with Crippen LogP contribution in [0.1, 0.15) is 25.3 Å². The fraction of sp³-hybridized carbons (Fsp3) is 0.588. The number of guanidine groups is 1. The van der Waals surface area contributed by atoms with Crippen LogP contribution in [0.25, 0.3) is 0 Å². The second-order valence-corrected chi connectivity index (χ2v) is 8.16. The van der Waals surface area contributed by atoms with Crippen molar-refractivity contribution in [2.45, 2.75) is 37.2 Å². The van der Waals surface area contributed by atoms with Crippen LogP contribution in [0.4, 0.5) is 0 Å². The first kappa shape index (κ1) is 18.7. The van der Waals surface area contributed by atoms with Gasteiger partial charge >= 0.3 is 0 Å². The summed E-state index contributed by atoms with van der Waals surface area (Å²) in [6.45, 7) is 5.96. The molecule has 0 aromatic heterocycles. The third-order valence-corrected chi connectivity index (χ3v) is 5.57. The van der Waals surface area contributed by atoms with Gasteiger partial charge in [-0.2, -0.15) is 0 Å².